The van der Waals surface area contributed by atoms with Crippen molar-refractivity contribution in [2.45, 2.75) is 0 Å². The number of aromatic nitrogens is 1. The van der Waals surface area contributed by atoms with Crippen LogP contribution in [0.2, 0.25) is 0 Å². The van der Waals surface area contributed by atoms with Gasteiger partial charge in [-0.1, -0.05) is 24.8 Å². The van der Waals surface area contributed by atoms with Crippen molar-refractivity contribution in [2.24, 2.45) is 0 Å². The third-order valence-electron chi connectivity index (χ3n) is 2.17. The van der Waals surface area contributed by atoms with Crippen LogP contribution in [0.4, 0.5) is 0 Å². The van der Waals surface area contributed by atoms with Crippen LogP contribution in [0.25, 0.3) is 16.6 Å². The largest absolute Gasteiger partial charge is 0.329 e. The molecule has 0 spiro atoms. The maximum atomic E-state index is 10.3. The van der Waals surface area contributed by atoms with Gasteiger partial charge in [-0.2, -0.15) is 0 Å². The molecule has 1 amide bonds. The number of pyridine rings is 1. The second-order valence-corrected chi connectivity index (χ2v) is 3.16. The molecule has 74 valence electrons. The summed E-state index contributed by atoms with van der Waals surface area (Å²) < 4.78 is 0. The lowest BCUT2D eigenvalue weighted by Crippen LogP contribution is -2.07. The minimum atomic E-state index is 0.559. The molecule has 0 aliphatic heterocycles. The van der Waals surface area contributed by atoms with Gasteiger partial charge in [-0.15, -0.1) is 0 Å². The first-order chi connectivity index (χ1) is 7.31. The van der Waals surface area contributed by atoms with Crippen molar-refractivity contribution in [3.8, 4) is 0 Å². The summed E-state index contributed by atoms with van der Waals surface area (Å²) in [6.07, 6.45) is 2.30. The Morgan fingerprint density at radius 2 is 2.20 bits per heavy atom. The molecule has 1 N–H and O–H groups in total. The molecule has 0 aliphatic rings. The van der Waals surface area contributed by atoms with Gasteiger partial charge in [-0.3, -0.25) is 9.78 Å². The molecule has 0 bridgehead atoms. The first-order valence-corrected chi connectivity index (χ1v) is 4.55. The molecule has 0 aliphatic carbocycles. The summed E-state index contributed by atoms with van der Waals surface area (Å²) in [6.45, 7) is 3.74. The van der Waals surface area contributed by atoms with E-state index in [0.717, 1.165) is 16.5 Å². The predicted octanol–water partition coefficient (Wildman–Crippen LogP) is 1.95. The molecule has 0 unspecified atom stereocenters. The Morgan fingerprint density at radius 1 is 1.40 bits per heavy atom. The Bertz CT molecular complexity index is 520. The van der Waals surface area contributed by atoms with E-state index in [-0.39, 0.29) is 0 Å². The summed E-state index contributed by atoms with van der Waals surface area (Å²) >= 11 is 0. The predicted molar refractivity (Wildman–Crippen MR) is 60.0 cm³/mol. The van der Waals surface area contributed by atoms with Crippen LogP contribution in [0, 0.1) is 0 Å². The first-order valence-electron chi connectivity index (χ1n) is 4.55. The van der Waals surface area contributed by atoms with E-state index in [1.807, 2.05) is 30.3 Å². The lowest BCUT2D eigenvalue weighted by Gasteiger charge is -2.04. The second kappa shape index (κ2) is 3.92. The van der Waals surface area contributed by atoms with Crippen molar-refractivity contribution in [1.82, 2.24) is 10.3 Å². The maximum Gasteiger partial charge on any atom is 0.211 e. The fourth-order valence-electron chi connectivity index (χ4n) is 1.39. The molecule has 15 heavy (non-hydrogen) atoms. The van der Waals surface area contributed by atoms with Crippen LogP contribution in [0.15, 0.2) is 43.1 Å². The number of nitrogens with one attached hydrogen (secondary N) is 1. The number of carbonyl (C=O) groups is 1. The molecular weight excluding hydrogens is 188 g/mol. The zero-order valence-electron chi connectivity index (χ0n) is 8.10. The highest BCUT2D eigenvalue weighted by Crippen LogP contribution is 2.15. The van der Waals surface area contributed by atoms with Crippen molar-refractivity contribution in [3.63, 3.8) is 0 Å². The molecule has 1 aromatic heterocycles. The third kappa shape index (κ3) is 1.86. The lowest BCUT2D eigenvalue weighted by atomic mass is 10.1. The van der Waals surface area contributed by atoms with E-state index in [0.29, 0.717) is 12.1 Å². The smallest absolute Gasteiger partial charge is 0.211 e. The number of para-hydroxylation sites is 1. The molecular formula is C12H10N2O. The van der Waals surface area contributed by atoms with Gasteiger partial charge in [0, 0.05) is 22.8 Å². The minimum Gasteiger partial charge on any atom is -0.329 e. The third-order valence-corrected chi connectivity index (χ3v) is 2.17. The van der Waals surface area contributed by atoms with E-state index < -0.39 is 0 Å². The summed E-state index contributed by atoms with van der Waals surface area (Å²) in [5, 5.41) is 3.54. The SMILES string of the molecule is C=C(NC=O)c1cnc2ccccc2c1. The summed E-state index contributed by atoms with van der Waals surface area (Å²) in [4.78, 5) is 14.5. The van der Waals surface area contributed by atoms with Gasteiger partial charge in [0.05, 0.1) is 5.52 Å². The van der Waals surface area contributed by atoms with Crippen molar-refractivity contribution < 1.29 is 4.79 Å². The summed E-state index contributed by atoms with van der Waals surface area (Å²) in [7, 11) is 0. The number of carbonyl (C=O) groups excluding carboxylic acids is 1. The molecule has 2 aromatic rings. The van der Waals surface area contributed by atoms with Gasteiger partial charge in [0.25, 0.3) is 0 Å². The molecule has 2 rings (SSSR count). The summed E-state index contributed by atoms with van der Waals surface area (Å²) in [5.41, 5.74) is 2.31. The number of rotatable bonds is 3. The van der Waals surface area contributed by atoms with Crippen LogP contribution >= 0.6 is 0 Å². The Kier molecular flexibility index (Phi) is 2.46. The van der Waals surface area contributed by atoms with Gasteiger partial charge >= 0.3 is 0 Å². The van der Waals surface area contributed by atoms with Crippen LogP contribution in [-0.4, -0.2) is 11.4 Å². The molecule has 0 fully saturated rings. The van der Waals surface area contributed by atoms with E-state index in [1.54, 1.807) is 6.20 Å². The average Bonchev–Trinajstić information content (AvgIpc) is 2.29. The zero-order valence-corrected chi connectivity index (χ0v) is 8.10. The molecule has 3 heteroatoms. The van der Waals surface area contributed by atoms with Gasteiger partial charge in [-0.25, -0.2) is 0 Å². The lowest BCUT2D eigenvalue weighted by molar-refractivity contribution is -0.108. The Morgan fingerprint density at radius 3 is 3.00 bits per heavy atom. The van der Waals surface area contributed by atoms with Crippen molar-refractivity contribution in [1.29, 1.82) is 0 Å². The van der Waals surface area contributed by atoms with E-state index in [9.17, 15) is 4.79 Å². The standard InChI is InChI=1S/C12H10N2O/c1-9(14-8-15)11-6-10-4-2-3-5-12(10)13-7-11/h2-8H,1H2,(H,14,15). The topological polar surface area (TPSA) is 42.0 Å². The van der Waals surface area contributed by atoms with E-state index in [4.69, 9.17) is 0 Å². The fraction of sp³-hybridized carbons (Fsp3) is 0. The highest BCUT2D eigenvalue weighted by molar-refractivity contribution is 5.83. The summed E-state index contributed by atoms with van der Waals surface area (Å²) in [5.74, 6) is 0. The van der Waals surface area contributed by atoms with Gasteiger partial charge in [0.15, 0.2) is 0 Å². The minimum absolute atomic E-state index is 0.559. The molecule has 0 radical (unpaired) electrons. The van der Waals surface area contributed by atoms with Crippen LogP contribution in [-0.2, 0) is 4.79 Å². The molecule has 0 atom stereocenters. The van der Waals surface area contributed by atoms with E-state index in [1.165, 1.54) is 0 Å². The average molecular weight is 198 g/mol. The zero-order chi connectivity index (χ0) is 10.7. The first kappa shape index (κ1) is 9.40. The van der Waals surface area contributed by atoms with E-state index in [2.05, 4.69) is 16.9 Å². The van der Waals surface area contributed by atoms with Gasteiger partial charge in [0.1, 0.15) is 0 Å². The number of hydrogen-bond acceptors (Lipinski definition) is 2. The quantitative estimate of drug-likeness (QED) is 0.766. The number of fused-ring (bicyclic) bond motifs is 1. The van der Waals surface area contributed by atoms with Crippen LogP contribution in [0.3, 0.4) is 0 Å². The normalized spacial score (nSPS) is 9.87. The Hall–Kier alpha value is -2.16. The fourth-order valence-corrected chi connectivity index (χ4v) is 1.39. The highest BCUT2D eigenvalue weighted by atomic mass is 16.1. The Balaban J connectivity index is 2.46. The van der Waals surface area contributed by atoms with Crippen molar-refractivity contribution >= 4 is 23.0 Å². The number of amides is 1. The van der Waals surface area contributed by atoms with E-state index >= 15 is 0 Å². The van der Waals surface area contributed by atoms with Crippen LogP contribution < -0.4 is 5.32 Å². The maximum absolute atomic E-state index is 10.3. The summed E-state index contributed by atoms with van der Waals surface area (Å²) in [6, 6.07) is 9.74. The van der Waals surface area contributed by atoms with Gasteiger partial charge in [0.2, 0.25) is 6.41 Å². The van der Waals surface area contributed by atoms with Crippen LogP contribution in [0.1, 0.15) is 5.56 Å². The Labute approximate surface area is 87.4 Å². The highest BCUT2D eigenvalue weighted by Gasteiger charge is 1.99. The number of nitrogens with zero attached hydrogens (tertiary/aromatic N) is 1. The second-order valence-electron chi connectivity index (χ2n) is 3.16. The van der Waals surface area contributed by atoms with Crippen molar-refractivity contribution in [2.75, 3.05) is 0 Å². The molecule has 1 aromatic carbocycles. The van der Waals surface area contributed by atoms with Gasteiger partial charge < -0.3 is 5.32 Å². The molecule has 3 nitrogen and oxygen atoms in total. The van der Waals surface area contributed by atoms with Crippen LogP contribution in [0.5, 0.6) is 0 Å². The monoisotopic (exact) mass is 198 g/mol. The van der Waals surface area contributed by atoms with Gasteiger partial charge in [-0.05, 0) is 12.1 Å². The number of hydrogen-bond donors (Lipinski definition) is 1. The molecule has 1 heterocycles. The van der Waals surface area contributed by atoms with Crippen molar-refractivity contribution in [3.05, 3.63) is 48.7 Å². The molecule has 0 saturated heterocycles. The number of benzene rings is 1. The molecule has 0 saturated carbocycles.